The fourth-order valence-electron chi connectivity index (χ4n) is 4.07. The Kier molecular flexibility index (Phi) is 5.67. The average Bonchev–Trinajstić information content (AvgIpc) is 2.62. The summed E-state index contributed by atoms with van der Waals surface area (Å²) in [6.45, 7) is 8.74. The van der Waals surface area contributed by atoms with E-state index in [2.05, 4.69) is 60.2 Å². The summed E-state index contributed by atoms with van der Waals surface area (Å²) in [7, 11) is 3.52. The highest BCUT2D eigenvalue weighted by molar-refractivity contribution is 5.56. The summed E-state index contributed by atoms with van der Waals surface area (Å²) >= 11 is 0. The topological polar surface area (TPSA) is 62.3 Å². The third-order valence-electron chi connectivity index (χ3n) is 5.80. The van der Waals surface area contributed by atoms with Gasteiger partial charge in [-0.15, -0.1) is 0 Å². The fraction of sp³-hybridized carbons (Fsp3) is 0.524. The zero-order valence-corrected chi connectivity index (χ0v) is 17.8. The summed E-state index contributed by atoms with van der Waals surface area (Å²) in [6.07, 6.45) is 2.81. The molecule has 3 rings (SSSR count). The van der Waals surface area contributed by atoms with Crippen LogP contribution in [0, 0.1) is 11.6 Å². The number of ether oxygens (including phenoxy) is 1. The Bertz CT molecular complexity index is 869. The number of likely N-dealkylation sites (tertiary alicyclic amines) is 1. The molecule has 1 fully saturated rings. The predicted octanol–water partition coefficient (Wildman–Crippen LogP) is 4.57. The first-order chi connectivity index (χ1) is 13.5. The lowest BCUT2D eigenvalue weighted by atomic mass is 9.77. The minimum atomic E-state index is -0.522. The van der Waals surface area contributed by atoms with Crippen LogP contribution >= 0.6 is 0 Å². The molecule has 2 N–H and O–H groups in total. The highest BCUT2D eigenvalue weighted by atomic mass is 19.1. The summed E-state index contributed by atoms with van der Waals surface area (Å²) < 4.78 is 33.2. The maximum atomic E-state index is 14.4. The lowest BCUT2D eigenvalue weighted by Crippen LogP contribution is -2.61. The molecule has 158 valence electrons. The number of benzene rings is 1. The lowest BCUT2D eigenvalue weighted by molar-refractivity contribution is -0.00778. The van der Waals surface area contributed by atoms with Crippen LogP contribution in [0.4, 0.5) is 26.2 Å². The van der Waals surface area contributed by atoms with Crippen molar-refractivity contribution in [3.63, 3.8) is 0 Å². The Morgan fingerprint density at radius 2 is 1.76 bits per heavy atom. The van der Waals surface area contributed by atoms with Gasteiger partial charge in [0.05, 0.1) is 13.3 Å². The van der Waals surface area contributed by atoms with Crippen molar-refractivity contribution in [2.24, 2.45) is 0 Å². The molecule has 0 atom stereocenters. The van der Waals surface area contributed by atoms with Gasteiger partial charge in [0.2, 0.25) is 5.95 Å². The van der Waals surface area contributed by atoms with Crippen molar-refractivity contribution in [3.8, 4) is 5.75 Å². The predicted molar refractivity (Wildman–Crippen MR) is 111 cm³/mol. The number of nitrogens with one attached hydrogen (secondary N) is 2. The van der Waals surface area contributed by atoms with E-state index in [9.17, 15) is 8.78 Å². The molecule has 1 aliphatic heterocycles. The molecule has 0 unspecified atom stereocenters. The summed E-state index contributed by atoms with van der Waals surface area (Å²) in [5.74, 6) is -0.562. The fourth-order valence-corrected chi connectivity index (χ4v) is 4.07. The third kappa shape index (κ3) is 4.58. The molecule has 2 heterocycles. The monoisotopic (exact) mass is 405 g/mol. The van der Waals surface area contributed by atoms with Crippen LogP contribution in [0.2, 0.25) is 0 Å². The third-order valence-corrected chi connectivity index (χ3v) is 5.80. The number of anilines is 3. The summed E-state index contributed by atoms with van der Waals surface area (Å²) in [5, 5.41) is 6.16. The van der Waals surface area contributed by atoms with Crippen LogP contribution in [-0.4, -0.2) is 46.1 Å². The van der Waals surface area contributed by atoms with Gasteiger partial charge in [0.25, 0.3) is 0 Å². The minimum Gasteiger partial charge on any atom is -0.494 e. The minimum absolute atomic E-state index is 0.0371. The Morgan fingerprint density at radius 1 is 1.10 bits per heavy atom. The maximum Gasteiger partial charge on any atom is 0.229 e. The molecule has 8 heteroatoms. The normalized spacial score (nSPS) is 19.0. The Morgan fingerprint density at radius 3 is 2.34 bits per heavy atom. The van der Waals surface area contributed by atoms with Gasteiger partial charge in [-0.05, 0) is 59.7 Å². The SMILES string of the molecule is COc1ccc(Nc2ncc(F)c(NC3CC(C)(C)N(C)C(C)(C)C3)n2)cc1F. The van der Waals surface area contributed by atoms with Crippen molar-refractivity contribution in [2.75, 3.05) is 24.8 Å². The van der Waals surface area contributed by atoms with Crippen LogP contribution in [0.5, 0.6) is 5.75 Å². The van der Waals surface area contributed by atoms with E-state index in [0.717, 1.165) is 19.0 Å². The molecule has 6 nitrogen and oxygen atoms in total. The van der Waals surface area contributed by atoms with Crippen molar-refractivity contribution in [1.29, 1.82) is 0 Å². The molecular weight excluding hydrogens is 376 g/mol. The first-order valence-electron chi connectivity index (χ1n) is 9.65. The molecule has 1 aromatic heterocycles. The zero-order valence-electron chi connectivity index (χ0n) is 17.8. The van der Waals surface area contributed by atoms with Gasteiger partial charge in [-0.3, -0.25) is 4.90 Å². The largest absolute Gasteiger partial charge is 0.494 e. The molecule has 1 aliphatic rings. The number of hydrogen-bond acceptors (Lipinski definition) is 6. The van der Waals surface area contributed by atoms with Gasteiger partial charge in [-0.25, -0.2) is 13.8 Å². The number of piperidine rings is 1. The average molecular weight is 405 g/mol. The molecular formula is C21H29F2N5O. The first kappa shape index (κ1) is 21.2. The first-order valence-corrected chi connectivity index (χ1v) is 9.65. The van der Waals surface area contributed by atoms with Crippen molar-refractivity contribution < 1.29 is 13.5 Å². The summed E-state index contributed by atoms with van der Waals surface area (Å²) in [4.78, 5) is 10.6. The molecule has 0 bridgehead atoms. The molecule has 29 heavy (non-hydrogen) atoms. The van der Waals surface area contributed by atoms with Crippen molar-refractivity contribution >= 4 is 17.5 Å². The smallest absolute Gasteiger partial charge is 0.229 e. The van der Waals surface area contributed by atoms with Gasteiger partial charge >= 0.3 is 0 Å². The highest BCUT2D eigenvalue weighted by Gasteiger charge is 2.43. The van der Waals surface area contributed by atoms with Crippen LogP contribution in [0.3, 0.4) is 0 Å². The second kappa shape index (κ2) is 7.74. The van der Waals surface area contributed by atoms with Gasteiger partial charge in [0.15, 0.2) is 23.2 Å². The molecule has 1 aromatic carbocycles. The number of hydrogen-bond donors (Lipinski definition) is 2. The summed E-state index contributed by atoms with van der Waals surface area (Å²) in [6, 6.07) is 4.49. The van der Waals surface area contributed by atoms with E-state index in [4.69, 9.17) is 4.74 Å². The van der Waals surface area contributed by atoms with Crippen LogP contribution in [-0.2, 0) is 0 Å². The van der Waals surface area contributed by atoms with Crippen LogP contribution < -0.4 is 15.4 Å². The van der Waals surface area contributed by atoms with Gasteiger partial charge in [-0.1, -0.05) is 0 Å². The zero-order chi connectivity index (χ0) is 21.4. The van der Waals surface area contributed by atoms with Crippen molar-refractivity contribution in [2.45, 2.75) is 57.7 Å². The number of halogens is 2. The van der Waals surface area contributed by atoms with Crippen LogP contribution in [0.25, 0.3) is 0 Å². The van der Waals surface area contributed by atoms with Crippen molar-refractivity contribution in [1.82, 2.24) is 14.9 Å². The Labute approximate surface area is 170 Å². The molecule has 0 saturated carbocycles. The van der Waals surface area contributed by atoms with Gasteiger partial charge in [0.1, 0.15) is 0 Å². The molecule has 0 radical (unpaired) electrons. The Balaban J connectivity index is 1.78. The molecule has 2 aromatic rings. The number of rotatable bonds is 5. The van der Waals surface area contributed by atoms with Crippen LogP contribution in [0.1, 0.15) is 40.5 Å². The maximum absolute atomic E-state index is 14.4. The van der Waals surface area contributed by atoms with E-state index < -0.39 is 11.6 Å². The standard InChI is InChI=1S/C21H29F2N5O/c1-20(2)10-14(11-21(3,4)28(20)5)25-18-16(23)12-24-19(27-18)26-13-7-8-17(29-6)15(22)9-13/h7-9,12,14H,10-11H2,1-6H3,(H2,24,25,26,27). The molecule has 0 aliphatic carbocycles. The van der Waals surface area contributed by atoms with E-state index in [1.807, 2.05) is 0 Å². The van der Waals surface area contributed by atoms with E-state index in [0.29, 0.717) is 5.69 Å². The molecule has 1 saturated heterocycles. The molecule has 0 spiro atoms. The molecule has 0 amide bonds. The van der Waals surface area contributed by atoms with Gasteiger partial charge in [0, 0.05) is 28.9 Å². The van der Waals surface area contributed by atoms with E-state index in [1.54, 1.807) is 6.07 Å². The second-order valence-electron chi connectivity index (χ2n) is 8.80. The highest BCUT2D eigenvalue weighted by Crippen LogP contribution is 2.38. The van der Waals surface area contributed by atoms with Gasteiger partial charge < -0.3 is 15.4 Å². The lowest BCUT2D eigenvalue weighted by Gasteiger charge is -2.53. The van der Waals surface area contributed by atoms with E-state index in [1.165, 1.54) is 19.2 Å². The van der Waals surface area contributed by atoms with E-state index >= 15 is 0 Å². The second-order valence-corrected chi connectivity index (χ2v) is 8.80. The number of nitrogens with zero attached hydrogens (tertiary/aromatic N) is 3. The van der Waals surface area contributed by atoms with Crippen molar-refractivity contribution in [3.05, 3.63) is 36.0 Å². The quantitative estimate of drug-likeness (QED) is 0.760. The van der Waals surface area contributed by atoms with Gasteiger partial charge in [-0.2, -0.15) is 4.98 Å². The van der Waals surface area contributed by atoms with Crippen LogP contribution in [0.15, 0.2) is 24.4 Å². The summed E-state index contributed by atoms with van der Waals surface area (Å²) in [5.41, 5.74) is 0.373. The Hall–Kier alpha value is -2.48. The van der Waals surface area contributed by atoms with E-state index in [-0.39, 0.29) is 34.6 Å². The number of methoxy groups -OCH3 is 1. The number of aromatic nitrogens is 2.